The Labute approximate surface area is 213 Å². The quantitative estimate of drug-likeness (QED) is 0.295. The minimum atomic E-state index is -2.00. The summed E-state index contributed by atoms with van der Waals surface area (Å²) in [4.78, 5) is 0. The molecule has 5 nitrogen and oxygen atoms in total. The van der Waals surface area contributed by atoms with Crippen LogP contribution in [-0.4, -0.2) is 27.5 Å². The Hall–Kier alpha value is -3.28. The maximum atomic E-state index is 12.4. The zero-order chi connectivity index (χ0) is 26.1. The molecule has 0 fully saturated rings. The van der Waals surface area contributed by atoms with Gasteiger partial charge in [-0.15, -0.1) is 0 Å². The molecule has 1 aliphatic rings. The molecular formula is C31H36O5. The lowest BCUT2D eigenvalue weighted by Crippen LogP contribution is -2.57. The lowest BCUT2D eigenvalue weighted by Gasteiger charge is -2.49. The van der Waals surface area contributed by atoms with Crippen LogP contribution in [0, 0.1) is 5.92 Å². The molecule has 3 N–H and O–H groups in total. The lowest BCUT2D eigenvalue weighted by atomic mass is 9.64. The molecule has 0 radical (unpaired) electrons. The van der Waals surface area contributed by atoms with E-state index in [2.05, 4.69) is 20.4 Å². The first-order valence-corrected chi connectivity index (χ1v) is 12.5. The summed E-state index contributed by atoms with van der Waals surface area (Å²) >= 11 is 0. The summed E-state index contributed by atoms with van der Waals surface area (Å²) in [5.41, 5.74) is -1.59. The largest absolute Gasteiger partial charge is 0.507 e. The molecule has 0 unspecified atom stereocenters. The first-order chi connectivity index (χ1) is 17.1. The number of aliphatic hydroxyl groups excluding tert-OH is 1. The molecule has 0 amide bonds. The van der Waals surface area contributed by atoms with E-state index < -0.39 is 11.2 Å². The van der Waals surface area contributed by atoms with Gasteiger partial charge in [0.2, 0.25) is 0 Å². The third-order valence-corrected chi connectivity index (χ3v) is 7.22. The number of hydrogen-bond acceptors (Lipinski definition) is 5. The van der Waals surface area contributed by atoms with E-state index >= 15 is 0 Å². The third-order valence-electron chi connectivity index (χ3n) is 7.22. The minimum Gasteiger partial charge on any atom is -0.507 e. The monoisotopic (exact) mass is 488 g/mol. The van der Waals surface area contributed by atoms with Gasteiger partial charge in [-0.3, -0.25) is 0 Å². The first kappa shape index (κ1) is 25.8. The second kappa shape index (κ2) is 10.00. The average molecular weight is 489 g/mol. The van der Waals surface area contributed by atoms with Crippen molar-refractivity contribution < 1.29 is 24.8 Å². The van der Waals surface area contributed by atoms with Gasteiger partial charge >= 0.3 is 0 Å². The van der Waals surface area contributed by atoms with Gasteiger partial charge in [0.1, 0.15) is 29.5 Å². The Morgan fingerprint density at radius 3 is 2.42 bits per heavy atom. The molecule has 3 aromatic rings. The predicted octanol–water partition coefficient (Wildman–Crippen LogP) is 6.63. The van der Waals surface area contributed by atoms with Gasteiger partial charge in [0.05, 0.1) is 6.61 Å². The van der Waals surface area contributed by atoms with Crippen molar-refractivity contribution >= 4 is 16.5 Å². The molecule has 0 aromatic heterocycles. The van der Waals surface area contributed by atoms with Crippen molar-refractivity contribution in [3.05, 3.63) is 95.3 Å². The number of benzene rings is 3. The van der Waals surface area contributed by atoms with Crippen LogP contribution in [0.2, 0.25) is 0 Å². The Balaban J connectivity index is 1.91. The first-order valence-electron chi connectivity index (χ1n) is 12.5. The van der Waals surface area contributed by atoms with Crippen LogP contribution in [0.4, 0.5) is 0 Å². The van der Waals surface area contributed by atoms with Gasteiger partial charge < -0.3 is 24.8 Å². The molecule has 0 saturated heterocycles. The van der Waals surface area contributed by atoms with Crippen molar-refractivity contribution in [3.8, 4) is 5.75 Å². The van der Waals surface area contributed by atoms with E-state index in [1.807, 2.05) is 60.7 Å². The van der Waals surface area contributed by atoms with Crippen LogP contribution in [0.3, 0.4) is 0 Å². The Morgan fingerprint density at radius 1 is 1.03 bits per heavy atom. The smallest absolute Gasteiger partial charge is 0.178 e. The summed E-state index contributed by atoms with van der Waals surface area (Å²) in [5.74, 6) is 0.871. The van der Waals surface area contributed by atoms with Crippen molar-refractivity contribution in [1.82, 2.24) is 0 Å². The molecule has 1 aliphatic carbocycles. The summed E-state index contributed by atoms with van der Waals surface area (Å²) in [7, 11) is 0. The molecule has 36 heavy (non-hydrogen) atoms. The van der Waals surface area contributed by atoms with Gasteiger partial charge in [0, 0.05) is 16.5 Å². The van der Waals surface area contributed by atoms with Crippen LogP contribution in [0.1, 0.15) is 57.2 Å². The molecule has 0 heterocycles. The van der Waals surface area contributed by atoms with Crippen LogP contribution in [0.25, 0.3) is 16.5 Å². The summed E-state index contributed by atoms with van der Waals surface area (Å²) in [6.45, 7) is 12.2. The van der Waals surface area contributed by atoms with E-state index in [1.165, 1.54) is 0 Å². The van der Waals surface area contributed by atoms with Crippen LogP contribution >= 0.6 is 0 Å². The van der Waals surface area contributed by atoms with E-state index in [-0.39, 0.29) is 36.0 Å². The second-order valence-electron chi connectivity index (χ2n) is 9.98. The maximum Gasteiger partial charge on any atom is 0.178 e. The highest BCUT2D eigenvalue weighted by molar-refractivity contribution is 5.93. The molecule has 5 heteroatoms. The highest BCUT2D eigenvalue weighted by Gasteiger charge is 2.59. The van der Waals surface area contributed by atoms with Crippen molar-refractivity contribution in [3.63, 3.8) is 0 Å². The second-order valence-corrected chi connectivity index (χ2v) is 9.98. The summed E-state index contributed by atoms with van der Waals surface area (Å²) in [6.07, 6.45) is 0.902. The predicted molar refractivity (Wildman–Crippen MR) is 144 cm³/mol. The van der Waals surface area contributed by atoms with Crippen molar-refractivity contribution in [1.29, 1.82) is 0 Å². The van der Waals surface area contributed by atoms with Crippen LogP contribution in [0.5, 0.6) is 5.75 Å². The third kappa shape index (κ3) is 4.27. The topological polar surface area (TPSA) is 79.2 Å². The van der Waals surface area contributed by atoms with Gasteiger partial charge in [-0.05, 0) is 67.3 Å². The van der Waals surface area contributed by atoms with Crippen molar-refractivity contribution in [2.75, 3.05) is 6.61 Å². The SMILES string of the molecule is C=C(OCC)[C@@]1(O)C(C)=C(O)c2cc3cccc(OCc4ccccc4)c3cc2[C@]1(O)CCC(C)C. The number of ether oxygens (including phenoxy) is 2. The van der Waals surface area contributed by atoms with E-state index in [0.717, 1.165) is 16.3 Å². The Bertz CT molecular complexity index is 1290. The van der Waals surface area contributed by atoms with E-state index in [0.29, 0.717) is 29.9 Å². The molecule has 190 valence electrons. The molecule has 4 rings (SSSR count). The van der Waals surface area contributed by atoms with Gasteiger partial charge in [-0.2, -0.15) is 0 Å². The molecule has 0 aliphatic heterocycles. The fraction of sp³-hybridized carbons (Fsp3) is 0.355. The molecule has 0 bridgehead atoms. The number of hydrogen-bond donors (Lipinski definition) is 3. The Kier molecular flexibility index (Phi) is 7.17. The standard InChI is InChI=1S/C31H36O5/c1-6-35-22(5)31(34)21(4)29(32)26-17-24-13-10-14-28(36-19-23-11-8-7-9-12-23)25(24)18-27(26)30(31,33)16-15-20(2)3/h7-14,17-18,20,32-34H,5-6,15-16,19H2,1-4H3/t30-,31+/m1/s1. The van der Waals surface area contributed by atoms with E-state index in [4.69, 9.17) is 9.47 Å². The normalized spacial score (nSPS) is 21.5. The summed E-state index contributed by atoms with van der Waals surface area (Å²) in [5, 5.41) is 37.3. The van der Waals surface area contributed by atoms with Crippen LogP contribution in [0.15, 0.2) is 78.6 Å². The molecular weight excluding hydrogens is 452 g/mol. The summed E-state index contributed by atoms with van der Waals surface area (Å²) < 4.78 is 11.8. The lowest BCUT2D eigenvalue weighted by molar-refractivity contribution is -0.145. The number of fused-ring (bicyclic) bond motifs is 2. The van der Waals surface area contributed by atoms with Gasteiger partial charge in [-0.25, -0.2) is 0 Å². The summed E-state index contributed by atoms with van der Waals surface area (Å²) in [6, 6.07) is 19.3. The Morgan fingerprint density at radius 2 is 1.75 bits per heavy atom. The van der Waals surface area contributed by atoms with Crippen LogP contribution in [-0.2, 0) is 16.9 Å². The maximum absolute atomic E-state index is 12.4. The van der Waals surface area contributed by atoms with E-state index in [9.17, 15) is 15.3 Å². The van der Waals surface area contributed by atoms with Gasteiger partial charge in [-0.1, -0.05) is 62.9 Å². The van der Waals surface area contributed by atoms with Crippen molar-refractivity contribution in [2.45, 2.75) is 58.3 Å². The highest BCUT2D eigenvalue weighted by Crippen LogP contribution is 2.54. The average Bonchev–Trinajstić information content (AvgIpc) is 2.88. The van der Waals surface area contributed by atoms with Gasteiger partial charge in [0.15, 0.2) is 5.60 Å². The fourth-order valence-corrected chi connectivity index (χ4v) is 5.11. The fourth-order valence-electron chi connectivity index (χ4n) is 5.11. The zero-order valence-corrected chi connectivity index (χ0v) is 21.5. The van der Waals surface area contributed by atoms with E-state index in [1.54, 1.807) is 13.8 Å². The van der Waals surface area contributed by atoms with Crippen LogP contribution < -0.4 is 4.74 Å². The number of rotatable bonds is 9. The minimum absolute atomic E-state index is 0.0136. The zero-order valence-electron chi connectivity index (χ0n) is 21.5. The van der Waals surface area contributed by atoms with Gasteiger partial charge in [0.25, 0.3) is 0 Å². The number of aliphatic hydroxyl groups is 3. The molecule has 0 saturated carbocycles. The highest BCUT2D eigenvalue weighted by atomic mass is 16.5. The molecule has 0 spiro atoms. The molecule has 2 atom stereocenters. The molecule has 3 aromatic carbocycles. The van der Waals surface area contributed by atoms with Crippen molar-refractivity contribution in [2.24, 2.45) is 5.92 Å².